The fourth-order valence-electron chi connectivity index (χ4n) is 8.77. The van der Waals surface area contributed by atoms with Gasteiger partial charge < -0.3 is 32.9 Å². The zero-order valence-electron chi connectivity index (χ0n) is 37.2. The molecule has 0 spiro atoms. The normalized spacial score (nSPS) is 19.1. The number of allylic oxidation sites excluding steroid dienone is 7. The van der Waals surface area contributed by atoms with Crippen LogP contribution in [0.4, 0.5) is 11.4 Å². The molecule has 1 aliphatic carbocycles. The molecule has 1 N–H and O–H groups in total. The summed E-state index contributed by atoms with van der Waals surface area (Å²) < 4.78 is 91.1. The van der Waals surface area contributed by atoms with E-state index in [-0.39, 0.29) is 15.6 Å². The lowest BCUT2D eigenvalue weighted by atomic mass is 9.81. The SMILES string of the molecule is COCCN1C(=CC=C2CCCC(C=CC3=[N+](CCOC)c4ccc(S(=O)(=O)[O-])cc4C3(C)C)=C2OCCC[N+](C)(C)CCCC(C)=O)C(C)(C)c2cc(S(=O)(=O)O)ccc21. The van der Waals surface area contributed by atoms with Gasteiger partial charge in [-0.15, -0.1) is 0 Å². The minimum Gasteiger partial charge on any atom is -0.744 e. The van der Waals surface area contributed by atoms with E-state index in [0.29, 0.717) is 39.3 Å². The number of carbonyl (C=O) groups excluding carboxylic acids is 1. The molecular weight excluding hydrogens is 819 g/mol. The van der Waals surface area contributed by atoms with Crippen LogP contribution < -0.4 is 4.90 Å². The standard InChI is InChI=1S/C46H63N3O10S2/c1-33(50)13-11-26-49(6,7)27-12-28-59-44-34(16-22-42-45(2,3)38-31-36(60(51,52)53)18-20-40(38)47(42)24-29-57-8)14-10-15-35(44)17-23-43-46(4,5)39-32-37(61(54,55)56)19-21-41(39)48(43)25-30-58-9/h16-23,31-32H,10-15,24-30H2,1-9H3/p+1. The third-order valence-electron chi connectivity index (χ3n) is 12.2. The number of anilines is 1. The Hall–Kier alpha value is -3.96. The van der Waals surface area contributed by atoms with Crippen molar-refractivity contribution < 1.29 is 54.0 Å². The zero-order valence-corrected chi connectivity index (χ0v) is 38.9. The van der Waals surface area contributed by atoms with Gasteiger partial charge in [0.05, 0.1) is 55.6 Å². The van der Waals surface area contributed by atoms with Gasteiger partial charge in [0, 0.05) is 74.5 Å². The number of hydrogen-bond acceptors (Lipinski definition) is 10. The second-order valence-corrected chi connectivity index (χ2v) is 20.7. The first-order valence-electron chi connectivity index (χ1n) is 20.9. The topological polar surface area (TPSA) is 163 Å². The van der Waals surface area contributed by atoms with Crippen molar-refractivity contribution in [3.8, 4) is 0 Å². The lowest BCUT2D eigenvalue weighted by molar-refractivity contribution is -0.890. The molecule has 0 atom stereocenters. The maximum absolute atomic E-state index is 12.2. The minimum atomic E-state index is -4.66. The van der Waals surface area contributed by atoms with E-state index in [1.807, 2.05) is 27.7 Å². The van der Waals surface area contributed by atoms with E-state index in [9.17, 15) is 30.7 Å². The molecule has 0 bridgehead atoms. The lowest BCUT2D eigenvalue weighted by Gasteiger charge is -2.30. The minimum absolute atomic E-state index is 0.156. The third-order valence-corrected chi connectivity index (χ3v) is 13.8. The molecule has 2 aliphatic heterocycles. The molecule has 0 radical (unpaired) electrons. The van der Waals surface area contributed by atoms with Crippen molar-refractivity contribution in [1.29, 1.82) is 0 Å². The molecule has 2 heterocycles. The van der Waals surface area contributed by atoms with Crippen molar-refractivity contribution in [2.45, 2.75) is 93.8 Å². The molecule has 0 fully saturated rings. The van der Waals surface area contributed by atoms with Crippen LogP contribution in [-0.4, -0.2) is 121 Å². The Labute approximate surface area is 363 Å². The van der Waals surface area contributed by atoms with E-state index in [1.165, 1.54) is 18.2 Å². The molecule has 0 aromatic heterocycles. The molecule has 5 rings (SSSR count). The third kappa shape index (κ3) is 11.2. The summed E-state index contributed by atoms with van der Waals surface area (Å²) in [4.78, 5) is 13.3. The highest BCUT2D eigenvalue weighted by Crippen LogP contribution is 2.49. The second kappa shape index (κ2) is 19.2. The molecule has 0 amide bonds. The number of rotatable bonds is 20. The molecule has 2 aromatic carbocycles. The number of ether oxygens (including phenoxy) is 3. The highest BCUT2D eigenvalue weighted by atomic mass is 32.2. The molecule has 0 unspecified atom stereocenters. The Morgan fingerprint density at radius 2 is 1.56 bits per heavy atom. The average molecular weight is 883 g/mol. The first-order valence-corrected chi connectivity index (χ1v) is 23.8. The van der Waals surface area contributed by atoms with Gasteiger partial charge in [0.1, 0.15) is 28.3 Å². The summed E-state index contributed by atoms with van der Waals surface area (Å²) in [5, 5.41) is 0. The fourth-order valence-corrected chi connectivity index (χ4v) is 9.78. The molecule has 334 valence electrons. The Bertz CT molecular complexity index is 2370. The first-order chi connectivity index (χ1) is 28.5. The summed E-state index contributed by atoms with van der Waals surface area (Å²) in [6.45, 7) is 13.9. The van der Waals surface area contributed by atoms with Crippen LogP contribution in [0.25, 0.3) is 0 Å². The van der Waals surface area contributed by atoms with Crippen molar-refractivity contribution in [1.82, 2.24) is 0 Å². The largest absolute Gasteiger partial charge is 0.744 e. The molecule has 2 aromatic rings. The van der Waals surface area contributed by atoms with E-state index < -0.39 is 31.1 Å². The van der Waals surface area contributed by atoms with Crippen molar-refractivity contribution in [2.75, 3.05) is 79.2 Å². The first kappa shape index (κ1) is 48.1. The van der Waals surface area contributed by atoms with Crippen molar-refractivity contribution in [3.63, 3.8) is 0 Å². The quantitative estimate of drug-likeness (QED) is 0.0633. The second-order valence-electron chi connectivity index (χ2n) is 17.9. The summed E-state index contributed by atoms with van der Waals surface area (Å²) in [5.41, 5.74) is 5.84. The van der Waals surface area contributed by atoms with Crippen LogP contribution in [0.3, 0.4) is 0 Å². The predicted molar refractivity (Wildman–Crippen MR) is 236 cm³/mol. The van der Waals surface area contributed by atoms with Gasteiger partial charge in [-0.3, -0.25) is 4.55 Å². The van der Waals surface area contributed by atoms with Crippen LogP contribution in [0, 0.1) is 0 Å². The number of carbonyl (C=O) groups is 1. The van der Waals surface area contributed by atoms with E-state index in [0.717, 1.165) is 100 Å². The molecule has 13 nitrogen and oxygen atoms in total. The van der Waals surface area contributed by atoms with Gasteiger partial charge in [0.15, 0.2) is 12.3 Å². The Kier molecular flexibility index (Phi) is 15.1. The number of Topliss-reactive ketones (excluding diaryl/α,β-unsaturated/α-hetero) is 1. The summed E-state index contributed by atoms with van der Waals surface area (Å²) in [6.07, 6.45) is 13.0. The smallest absolute Gasteiger partial charge is 0.294 e. The average Bonchev–Trinajstić information content (AvgIpc) is 3.52. The Morgan fingerprint density at radius 1 is 0.885 bits per heavy atom. The Morgan fingerprint density at radius 3 is 2.21 bits per heavy atom. The Balaban J connectivity index is 1.57. The number of ketones is 1. The van der Waals surface area contributed by atoms with Gasteiger partial charge in [-0.1, -0.05) is 19.9 Å². The van der Waals surface area contributed by atoms with Crippen LogP contribution in [0.5, 0.6) is 0 Å². The van der Waals surface area contributed by atoms with Gasteiger partial charge in [0.2, 0.25) is 5.69 Å². The number of methoxy groups -OCH3 is 2. The van der Waals surface area contributed by atoms with Crippen molar-refractivity contribution >= 4 is 43.1 Å². The number of benzene rings is 2. The number of fused-ring (bicyclic) bond motifs is 2. The maximum atomic E-state index is 12.2. The van der Waals surface area contributed by atoms with E-state index in [4.69, 9.17) is 14.2 Å². The predicted octanol–water partition coefficient (Wildman–Crippen LogP) is 6.96. The summed E-state index contributed by atoms with van der Waals surface area (Å²) in [6, 6.07) is 9.26. The van der Waals surface area contributed by atoms with Crippen LogP contribution in [0.2, 0.25) is 0 Å². The van der Waals surface area contributed by atoms with Gasteiger partial charge in [-0.05, 0) is 99.2 Å². The molecule has 15 heteroatoms. The number of quaternary nitrogens is 1. The van der Waals surface area contributed by atoms with Gasteiger partial charge in [-0.25, -0.2) is 8.42 Å². The molecular formula is C46H64N3O10S2+. The van der Waals surface area contributed by atoms with Gasteiger partial charge in [-0.2, -0.15) is 13.0 Å². The molecule has 61 heavy (non-hydrogen) atoms. The molecule has 0 saturated carbocycles. The maximum Gasteiger partial charge on any atom is 0.294 e. The van der Waals surface area contributed by atoms with Crippen LogP contribution in [0.1, 0.15) is 84.3 Å². The summed E-state index contributed by atoms with van der Waals surface area (Å²) in [5.74, 6) is 0.991. The van der Waals surface area contributed by atoms with Crippen LogP contribution in [0.15, 0.2) is 93.1 Å². The fraction of sp³-hybridized carbons (Fsp3) is 0.522. The monoisotopic (exact) mass is 882 g/mol. The number of nitrogens with zero attached hydrogens (tertiary/aromatic N) is 3. The van der Waals surface area contributed by atoms with Gasteiger partial charge in [0.25, 0.3) is 10.1 Å². The summed E-state index contributed by atoms with van der Waals surface area (Å²) >= 11 is 0. The van der Waals surface area contributed by atoms with E-state index >= 15 is 0 Å². The van der Waals surface area contributed by atoms with E-state index in [1.54, 1.807) is 39.3 Å². The van der Waals surface area contributed by atoms with Crippen LogP contribution in [-0.2, 0) is 50.1 Å². The van der Waals surface area contributed by atoms with Gasteiger partial charge >= 0.3 is 0 Å². The number of hydrogen-bond donors (Lipinski definition) is 1. The summed E-state index contributed by atoms with van der Waals surface area (Å²) in [7, 11) is -1.46. The van der Waals surface area contributed by atoms with Crippen molar-refractivity contribution in [2.24, 2.45) is 0 Å². The van der Waals surface area contributed by atoms with E-state index in [2.05, 4.69) is 47.9 Å². The highest BCUT2D eigenvalue weighted by molar-refractivity contribution is 7.86. The molecule has 0 saturated heterocycles. The van der Waals surface area contributed by atoms with Crippen LogP contribution >= 0.6 is 0 Å². The van der Waals surface area contributed by atoms with Crippen molar-refractivity contribution in [3.05, 3.63) is 94.4 Å². The lowest BCUT2D eigenvalue weighted by Crippen LogP contribution is -2.41. The molecule has 3 aliphatic rings. The highest BCUT2D eigenvalue weighted by Gasteiger charge is 2.45. The zero-order chi connectivity index (χ0) is 45.0.